The second kappa shape index (κ2) is 7.39. The van der Waals surface area contributed by atoms with Gasteiger partial charge in [-0.2, -0.15) is 0 Å². The summed E-state index contributed by atoms with van der Waals surface area (Å²) in [5.41, 5.74) is 1.06. The van der Waals surface area contributed by atoms with Gasteiger partial charge in [0.15, 0.2) is 0 Å². The van der Waals surface area contributed by atoms with Gasteiger partial charge >= 0.3 is 0 Å². The Morgan fingerprint density at radius 3 is 2.39 bits per heavy atom. The molecule has 0 radical (unpaired) electrons. The highest BCUT2D eigenvalue weighted by Crippen LogP contribution is 2.15. The molecule has 0 unspecified atom stereocenters. The van der Waals surface area contributed by atoms with E-state index in [0.717, 1.165) is 5.56 Å². The van der Waals surface area contributed by atoms with Gasteiger partial charge in [-0.25, -0.2) is 0 Å². The third-order valence-electron chi connectivity index (χ3n) is 2.65. The fourth-order valence-corrected chi connectivity index (χ4v) is 1.75. The summed E-state index contributed by atoms with van der Waals surface area (Å²) in [7, 11) is 0. The molecule has 3 nitrogen and oxygen atoms in total. The molecule has 1 aromatic rings. The highest BCUT2D eigenvalue weighted by Gasteiger charge is 2.09. The summed E-state index contributed by atoms with van der Waals surface area (Å²) in [5.74, 6) is 0.0607. The Kier molecular flexibility index (Phi) is 6.16. The molecular formula is C14H21ClN2O. The molecule has 0 bridgehead atoms. The molecule has 18 heavy (non-hydrogen) atoms. The van der Waals surface area contributed by atoms with Gasteiger partial charge in [0.1, 0.15) is 0 Å². The van der Waals surface area contributed by atoms with Crippen LogP contribution in [0.3, 0.4) is 0 Å². The molecule has 0 aromatic heterocycles. The molecule has 0 aliphatic heterocycles. The predicted octanol–water partition coefficient (Wildman–Crippen LogP) is 2.91. The topological polar surface area (TPSA) is 41.1 Å². The monoisotopic (exact) mass is 268 g/mol. The zero-order valence-electron chi connectivity index (χ0n) is 11.2. The van der Waals surface area contributed by atoms with Crippen molar-refractivity contribution in [2.75, 3.05) is 6.54 Å². The molecule has 1 atom stereocenters. The second-order valence-corrected chi connectivity index (χ2v) is 5.14. The molecular weight excluding hydrogens is 248 g/mol. The van der Waals surface area contributed by atoms with E-state index in [1.54, 1.807) is 0 Å². The van der Waals surface area contributed by atoms with E-state index in [4.69, 9.17) is 11.6 Å². The van der Waals surface area contributed by atoms with Crippen LogP contribution in [-0.4, -0.2) is 18.5 Å². The maximum atomic E-state index is 11.7. The van der Waals surface area contributed by atoms with E-state index in [0.29, 0.717) is 24.0 Å². The molecule has 1 amide bonds. The van der Waals surface area contributed by atoms with Crippen molar-refractivity contribution in [2.24, 2.45) is 0 Å². The zero-order valence-corrected chi connectivity index (χ0v) is 11.9. The van der Waals surface area contributed by atoms with Crippen molar-refractivity contribution >= 4 is 17.5 Å². The third kappa shape index (κ3) is 5.52. The van der Waals surface area contributed by atoms with Gasteiger partial charge in [0.25, 0.3) is 0 Å². The molecule has 0 heterocycles. The van der Waals surface area contributed by atoms with E-state index in [1.165, 1.54) is 0 Å². The molecule has 1 aromatic carbocycles. The van der Waals surface area contributed by atoms with Crippen LogP contribution in [0.5, 0.6) is 0 Å². The van der Waals surface area contributed by atoms with Gasteiger partial charge in [0.2, 0.25) is 5.91 Å². The molecule has 0 fully saturated rings. The lowest BCUT2D eigenvalue weighted by Crippen LogP contribution is -2.31. The van der Waals surface area contributed by atoms with Crippen molar-refractivity contribution in [1.29, 1.82) is 0 Å². The van der Waals surface area contributed by atoms with Crippen LogP contribution in [0.2, 0.25) is 5.02 Å². The number of nitrogens with one attached hydrogen (secondary N) is 2. The summed E-state index contributed by atoms with van der Waals surface area (Å²) in [6.07, 6.45) is 0.496. The Balaban J connectivity index is 2.37. The minimum atomic E-state index is 0.00816. The van der Waals surface area contributed by atoms with Crippen LogP contribution in [0.1, 0.15) is 38.8 Å². The normalized spacial score (nSPS) is 12.5. The molecule has 0 aliphatic rings. The van der Waals surface area contributed by atoms with E-state index in [2.05, 4.69) is 24.5 Å². The number of halogens is 1. The van der Waals surface area contributed by atoms with Crippen molar-refractivity contribution in [3.05, 3.63) is 34.9 Å². The highest BCUT2D eigenvalue weighted by atomic mass is 35.5. The molecule has 0 saturated heterocycles. The number of rotatable bonds is 6. The molecule has 100 valence electrons. The smallest absolute Gasteiger partial charge is 0.221 e. The Morgan fingerprint density at radius 1 is 1.22 bits per heavy atom. The van der Waals surface area contributed by atoms with Crippen molar-refractivity contribution in [3.63, 3.8) is 0 Å². The van der Waals surface area contributed by atoms with Gasteiger partial charge in [-0.15, -0.1) is 0 Å². The van der Waals surface area contributed by atoms with Crippen LogP contribution in [0.25, 0.3) is 0 Å². The summed E-state index contributed by atoms with van der Waals surface area (Å²) in [6, 6.07) is 7.94. The van der Waals surface area contributed by atoms with Gasteiger partial charge in [-0.3, -0.25) is 4.79 Å². The van der Waals surface area contributed by atoms with Crippen LogP contribution >= 0.6 is 11.6 Å². The van der Waals surface area contributed by atoms with E-state index < -0.39 is 0 Å². The van der Waals surface area contributed by atoms with E-state index in [1.807, 2.05) is 31.2 Å². The summed E-state index contributed by atoms with van der Waals surface area (Å²) in [5, 5.41) is 6.89. The molecule has 0 aliphatic carbocycles. The van der Waals surface area contributed by atoms with Crippen LogP contribution in [0, 0.1) is 0 Å². The first-order chi connectivity index (χ1) is 8.49. The predicted molar refractivity (Wildman–Crippen MR) is 75.8 cm³/mol. The Labute approximate surface area is 114 Å². The van der Waals surface area contributed by atoms with Gasteiger partial charge in [0, 0.05) is 24.0 Å². The number of amides is 1. The summed E-state index contributed by atoms with van der Waals surface area (Å²) >= 11 is 5.82. The number of hydrogen-bond donors (Lipinski definition) is 2. The average molecular weight is 269 g/mol. The highest BCUT2D eigenvalue weighted by molar-refractivity contribution is 6.30. The van der Waals surface area contributed by atoms with Crippen LogP contribution < -0.4 is 10.6 Å². The van der Waals surface area contributed by atoms with Crippen LogP contribution in [0.4, 0.5) is 0 Å². The molecule has 4 heteroatoms. The molecule has 2 N–H and O–H groups in total. The first-order valence-electron chi connectivity index (χ1n) is 6.27. The maximum absolute atomic E-state index is 11.7. The van der Waals surface area contributed by atoms with Crippen LogP contribution in [0.15, 0.2) is 24.3 Å². The van der Waals surface area contributed by atoms with Gasteiger partial charge in [-0.1, -0.05) is 37.6 Å². The van der Waals surface area contributed by atoms with Crippen molar-refractivity contribution in [1.82, 2.24) is 10.6 Å². The van der Waals surface area contributed by atoms with E-state index in [9.17, 15) is 4.79 Å². The zero-order chi connectivity index (χ0) is 13.5. The van der Waals surface area contributed by atoms with E-state index in [-0.39, 0.29) is 11.9 Å². The lowest BCUT2D eigenvalue weighted by Gasteiger charge is -2.15. The minimum absolute atomic E-state index is 0.00816. The SMILES string of the molecule is CC(C)NCCC(=O)N[C@@H](C)c1ccc(Cl)cc1. The molecule has 0 saturated carbocycles. The Morgan fingerprint density at radius 2 is 1.83 bits per heavy atom. The lowest BCUT2D eigenvalue weighted by atomic mass is 10.1. The lowest BCUT2D eigenvalue weighted by molar-refractivity contribution is -0.121. The first kappa shape index (κ1) is 15.0. The van der Waals surface area contributed by atoms with Gasteiger partial charge in [0.05, 0.1) is 6.04 Å². The third-order valence-corrected chi connectivity index (χ3v) is 2.90. The van der Waals surface area contributed by atoms with Crippen molar-refractivity contribution < 1.29 is 4.79 Å². The van der Waals surface area contributed by atoms with Crippen LogP contribution in [-0.2, 0) is 4.79 Å². The standard InChI is InChI=1S/C14H21ClN2O/c1-10(2)16-9-8-14(18)17-11(3)12-4-6-13(15)7-5-12/h4-7,10-11,16H,8-9H2,1-3H3,(H,17,18)/t11-/m0/s1. The molecule has 0 spiro atoms. The summed E-state index contributed by atoms with van der Waals surface area (Å²) in [4.78, 5) is 11.7. The maximum Gasteiger partial charge on any atom is 0.221 e. The Hall–Kier alpha value is -1.06. The van der Waals surface area contributed by atoms with Crippen molar-refractivity contribution in [2.45, 2.75) is 39.3 Å². The Bertz CT molecular complexity index is 376. The number of carbonyl (C=O) groups is 1. The van der Waals surface area contributed by atoms with Gasteiger partial charge < -0.3 is 10.6 Å². The summed E-state index contributed by atoms with van der Waals surface area (Å²) in [6.45, 7) is 6.80. The number of benzene rings is 1. The fourth-order valence-electron chi connectivity index (χ4n) is 1.62. The number of hydrogen-bond acceptors (Lipinski definition) is 2. The minimum Gasteiger partial charge on any atom is -0.350 e. The summed E-state index contributed by atoms with van der Waals surface area (Å²) < 4.78 is 0. The van der Waals surface area contributed by atoms with E-state index >= 15 is 0 Å². The average Bonchev–Trinajstić information content (AvgIpc) is 2.29. The first-order valence-corrected chi connectivity index (χ1v) is 6.65. The van der Waals surface area contributed by atoms with Gasteiger partial charge in [-0.05, 0) is 24.6 Å². The van der Waals surface area contributed by atoms with Crippen molar-refractivity contribution in [3.8, 4) is 0 Å². The molecule has 1 rings (SSSR count). The quantitative estimate of drug-likeness (QED) is 0.833. The number of carbonyl (C=O) groups excluding carboxylic acids is 1. The largest absolute Gasteiger partial charge is 0.350 e. The fraction of sp³-hybridized carbons (Fsp3) is 0.500. The second-order valence-electron chi connectivity index (χ2n) is 4.70.